The standard InChI is InChI=1S/C11H24O2/c1-6-8-11(7-2,9-12-4)10(3)13-5/h10H,6-9H2,1-5H3. The van der Waals surface area contributed by atoms with Crippen LogP contribution < -0.4 is 0 Å². The van der Waals surface area contributed by atoms with Crippen molar-refractivity contribution in [3.05, 3.63) is 0 Å². The second kappa shape index (κ2) is 6.39. The van der Waals surface area contributed by atoms with Crippen LogP contribution in [0.2, 0.25) is 0 Å². The molecule has 0 fully saturated rings. The van der Waals surface area contributed by atoms with Crippen LogP contribution in [0.4, 0.5) is 0 Å². The molecular formula is C11H24O2. The first-order valence-corrected chi connectivity index (χ1v) is 5.18. The van der Waals surface area contributed by atoms with E-state index in [1.165, 1.54) is 12.8 Å². The highest BCUT2D eigenvalue weighted by Crippen LogP contribution is 2.33. The van der Waals surface area contributed by atoms with Crippen LogP contribution in [0.5, 0.6) is 0 Å². The Morgan fingerprint density at radius 3 is 2.15 bits per heavy atom. The highest BCUT2D eigenvalue weighted by atomic mass is 16.5. The first kappa shape index (κ1) is 12.9. The van der Waals surface area contributed by atoms with Gasteiger partial charge in [0.1, 0.15) is 0 Å². The Morgan fingerprint density at radius 2 is 1.85 bits per heavy atom. The molecule has 0 rings (SSSR count). The number of ether oxygens (including phenoxy) is 2. The quantitative estimate of drug-likeness (QED) is 0.611. The Morgan fingerprint density at radius 1 is 1.23 bits per heavy atom. The van der Waals surface area contributed by atoms with Crippen LogP contribution in [0.1, 0.15) is 40.0 Å². The molecule has 0 aromatic heterocycles. The van der Waals surface area contributed by atoms with E-state index in [1.807, 2.05) is 0 Å². The van der Waals surface area contributed by atoms with Crippen molar-refractivity contribution in [3.8, 4) is 0 Å². The number of methoxy groups -OCH3 is 2. The van der Waals surface area contributed by atoms with E-state index in [9.17, 15) is 0 Å². The minimum atomic E-state index is 0.207. The summed E-state index contributed by atoms with van der Waals surface area (Å²) >= 11 is 0. The van der Waals surface area contributed by atoms with E-state index in [-0.39, 0.29) is 11.5 Å². The molecule has 2 heteroatoms. The monoisotopic (exact) mass is 188 g/mol. The lowest BCUT2D eigenvalue weighted by Gasteiger charge is -2.36. The van der Waals surface area contributed by atoms with Crippen LogP contribution in [-0.2, 0) is 9.47 Å². The average Bonchev–Trinajstić information content (AvgIpc) is 2.16. The van der Waals surface area contributed by atoms with Gasteiger partial charge in [-0.15, -0.1) is 0 Å². The summed E-state index contributed by atoms with van der Waals surface area (Å²) in [5.74, 6) is 0. The second-order valence-corrected chi connectivity index (χ2v) is 3.78. The first-order valence-electron chi connectivity index (χ1n) is 5.18. The lowest BCUT2D eigenvalue weighted by molar-refractivity contribution is -0.0532. The zero-order valence-electron chi connectivity index (χ0n) is 9.72. The summed E-state index contributed by atoms with van der Waals surface area (Å²) in [6, 6.07) is 0. The third kappa shape index (κ3) is 3.28. The van der Waals surface area contributed by atoms with Crippen molar-refractivity contribution in [1.29, 1.82) is 0 Å². The zero-order chi connectivity index (χ0) is 10.3. The molecule has 0 aliphatic rings. The number of hydrogen-bond donors (Lipinski definition) is 0. The predicted molar refractivity (Wildman–Crippen MR) is 56.0 cm³/mol. The maximum Gasteiger partial charge on any atom is 0.0621 e. The fraction of sp³-hybridized carbons (Fsp3) is 1.00. The largest absolute Gasteiger partial charge is 0.384 e. The van der Waals surface area contributed by atoms with Crippen LogP contribution in [-0.4, -0.2) is 26.9 Å². The fourth-order valence-corrected chi connectivity index (χ4v) is 1.99. The molecule has 0 heterocycles. The lowest BCUT2D eigenvalue weighted by atomic mass is 9.77. The van der Waals surface area contributed by atoms with Gasteiger partial charge in [-0.3, -0.25) is 0 Å². The van der Waals surface area contributed by atoms with Gasteiger partial charge in [-0.1, -0.05) is 20.3 Å². The Hall–Kier alpha value is -0.0800. The Labute approximate surface area is 82.6 Å². The normalized spacial score (nSPS) is 18.2. The minimum Gasteiger partial charge on any atom is -0.384 e. The summed E-state index contributed by atoms with van der Waals surface area (Å²) in [5, 5.41) is 0. The molecule has 80 valence electrons. The molecule has 0 aromatic rings. The number of hydrogen-bond acceptors (Lipinski definition) is 2. The molecule has 0 spiro atoms. The van der Waals surface area contributed by atoms with Gasteiger partial charge in [0.05, 0.1) is 12.7 Å². The van der Waals surface area contributed by atoms with Crippen molar-refractivity contribution in [2.75, 3.05) is 20.8 Å². The zero-order valence-corrected chi connectivity index (χ0v) is 9.72. The van der Waals surface area contributed by atoms with Gasteiger partial charge in [0.2, 0.25) is 0 Å². The smallest absolute Gasteiger partial charge is 0.0621 e. The van der Waals surface area contributed by atoms with Crippen LogP contribution in [0.25, 0.3) is 0 Å². The van der Waals surface area contributed by atoms with Crippen molar-refractivity contribution in [3.63, 3.8) is 0 Å². The van der Waals surface area contributed by atoms with Gasteiger partial charge in [-0.25, -0.2) is 0 Å². The Kier molecular flexibility index (Phi) is 6.35. The lowest BCUT2D eigenvalue weighted by Crippen LogP contribution is -2.38. The Balaban J connectivity index is 4.42. The molecule has 0 amide bonds. The van der Waals surface area contributed by atoms with E-state index < -0.39 is 0 Å². The molecule has 13 heavy (non-hydrogen) atoms. The van der Waals surface area contributed by atoms with Crippen LogP contribution >= 0.6 is 0 Å². The summed E-state index contributed by atoms with van der Waals surface area (Å²) < 4.78 is 10.7. The first-order chi connectivity index (χ1) is 6.16. The molecule has 2 nitrogen and oxygen atoms in total. The summed E-state index contributed by atoms with van der Waals surface area (Å²) in [4.78, 5) is 0. The van der Waals surface area contributed by atoms with Crippen LogP contribution in [0.3, 0.4) is 0 Å². The van der Waals surface area contributed by atoms with E-state index >= 15 is 0 Å². The van der Waals surface area contributed by atoms with Crippen molar-refractivity contribution in [2.45, 2.75) is 46.1 Å². The molecule has 0 aromatic carbocycles. The third-order valence-corrected chi connectivity index (χ3v) is 3.10. The maximum atomic E-state index is 5.43. The van der Waals surface area contributed by atoms with E-state index in [4.69, 9.17) is 9.47 Å². The molecule has 0 bridgehead atoms. The molecule has 0 aliphatic heterocycles. The van der Waals surface area contributed by atoms with Gasteiger partial charge < -0.3 is 9.47 Å². The topological polar surface area (TPSA) is 18.5 Å². The molecule has 0 N–H and O–H groups in total. The highest BCUT2D eigenvalue weighted by molar-refractivity contribution is 4.83. The van der Waals surface area contributed by atoms with E-state index in [1.54, 1.807) is 14.2 Å². The summed E-state index contributed by atoms with van der Waals surface area (Å²) in [7, 11) is 3.54. The fourth-order valence-electron chi connectivity index (χ4n) is 1.99. The molecule has 0 aliphatic carbocycles. The van der Waals surface area contributed by atoms with Crippen LogP contribution in [0.15, 0.2) is 0 Å². The van der Waals surface area contributed by atoms with Crippen molar-refractivity contribution in [1.82, 2.24) is 0 Å². The van der Waals surface area contributed by atoms with Gasteiger partial charge in [0, 0.05) is 19.6 Å². The number of rotatable bonds is 7. The molecule has 0 radical (unpaired) electrons. The van der Waals surface area contributed by atoms with Crippen molar-refractivity contribution >= 4 is 0 Å². The van der Waals surface area contributed by atoms with Crippen LogP contribution in [0, 0.1) is 5.41 Å². The van der Waals surface area contributed by atoms with Gasteiger partial charge in [0.25, 0.3) is 0 Å². The Bertz CT molecular complexity index is 117. The van der Waals surface area contributed by atoms with E-state index in [0.717, 1.165) is 13.0 Å². The maximum absolute atomic E-state index is 5.43. The summed E-state index contributed by atoms with van der Waals surface area (Å²) in [6.07, 6.45) is 3.75. The van der Waals surface area contributed by atoms with E-state index in [0.29, 0.717) is 0 Å². The van der Waals surface area contributed by atoms with E-state index in [2.05, 4.69) is 20.8 Å². The second-order valence-electron chi connectivity index (χ2n) is 3.78. The van der Waals surface area contributed by atoms with Crippen molar-refractivity contribution in [2.24, 2.45) is 5.41 Å². The molecule has 2 atom stereocenters. The molecule has 0 saturated heterocycles. The molecular weight excluding hydrogens is 164 g/mol. The van der Waals surface area contributed by atoms with Gasteiger partial charge in [0.15, 0.2) is 0 Å². The van der Waals surface area contributed by atoms with Gasteiger partial charge >= 0.3 is 0 Å². The predicted octanol–water partition coefficient (Wildman–Crippen LogP) is 2.86. The minimum absolute atomic E-state index is 0.207. The summed E-state index contributed by atoms with van der Waals surface area (Å²) in [5.41, 5.74) is 0.207. The van der Waals surface area contributed by atoms with Gasteiger partial charge in [-0.2, -0.15) is 0 Å². The SMILES string of the molecule is CCCC(CC)(COC)C(C)OC. The van der Waals surface area contributed by atoms with Gasteiger partial charge in [-0.05, 0) is 19.8 Å². The molecule has 2 unspecified atom stereocenters. The molecule has 0 saturated carbocycles. The third-order valence-electron chi connectivity index (χ3n) is 3.10. The average molecular weight is 188 g/mol. The highest BCUT2D eigenvalue weighted by Gasteiger charge is 2.33. The summed E-state index contributed by atoms with van der Waals surface area (Å²) in [6.45, 7) is 7.36. The van der Waals surface area contributed by atoms with Crippen molar-refractivity contribution < 1.29 is 9.47 Å².